The van der Waals surface area contributed by atoms with Crippen molar-refractivity contribution in [2.24, 2.45) is 5.73 Å². The Labute approximate surface area is 98.5 Å². The van der Waals surface area contributed by atoms with Gasteiger partial charge in [0.2, 0.25) is 0 Å². The minimum atomic E-state index is -0.795. The van der Waals surface area contributed by atoms with Gasteiger partial charge < -0.3 is 10.8 Å². The zero-order chi connectivity index (χ0) is 12.3. The molecule has 17 heavy (non-hydrogen) atoms. The van der Waals surface area contributed by atoms with E-state index in [1.165, 1.54) is 12.1 Å². The van der Waals surface area contributed by atoms with Crippen molar-refractivity contribution in [3.8, 4) is 0 Å². The average Bonchev–Trinajstić information content (AvgIpc) is 2.76. The molecule has 0 spiro atoms. The first kappa shape index (κ1) is 11.8. The summed E-state index contributed by atoms with van der Waals surface area (Å²) < 4.78 is 14.6. The van der Waals surface area contributed by atoms with Crippen LogP contribution in [0.5, 0.6) is 0 Å². The third-order valence-electron chi connectivity index (χ3n) is 2.59. The molecule has 90 valence electrons. The molecule has 0 amide bonds. The molecule has 2 rings (SSSR count). The van der Waals surface area contributed by atoms with Gasteiger partial charge in [0.25, 0.3) is 0 Å². The summed E-state index contributed by atoms with van der Waals surface area (Å²) in [6.07, 6.45) is 0.830. The van der Waals surface area contributed by atoms with E-state index in [4.69, 9.17) is 5.73 Å². The van der Waals surface area contributed by atoms with Gasteiger partial charge in [-0.1, -0.05) is 12.1 Å². The van der Waals surface area contributed by atoms with Crippen molar-refractivity contribution in [2.75, 3.05) is 0 Å². The van der Waals surface area contributed by atoms with Gasteiger partial charge in [0.15, 0.2) is 0 Å². The van der Waals surface area contributed by atoms with E-state index in [9.17, 15) is 9.50 Å². The fraction of sp³-hybridized carbons (Fsp3) is 0.250. The maximum absolute atomic E-state index is 13.0. The number of halogens is 1. The topological polar surface area (TPSA) is 64.1 Å². The lowest BCUT2D eigenvalue weighted by atomic mass is 10.1. The molecule has 1 aromatic heterocycles. The lowest BCUT2D eigenvalue weighted by Crippen LogP contribution is -2.14. The molecule has 0 aliphatic carbocycles. The second kappa shape index (κ2) is 5.07. The number of hydrogen-bond donors (Lipinski definition) is 2. The molecule has 0 saturated carbocycles. The van der Waals surface area contributed by atoms with Crippen LogP contribution in [0, 0.1) is 5.82 Å². The molecule has 0 fully saturated rings. The van der Waals surface area contributed by atoms with Gasteiger partial charge in [0.05, 0.1) is 18.3 Å². The van der Waals surface area contributed by atoms with E-state index < -0.39 is 6.10 Å². The van der Waals surface area contributed by atoms with Crippen LogP contribution in [0.25, 0.3) is 0 Å². The number of hydrogen-bond acceptors (Lipinski definition) is 3. The highest BCUT2D eigenvalue weighted by atomic mass is 19.1. The molecule has 1 heterocycles. The Hall–Kier alpha value is -1.72. The number of nitrogens with zero attached hydrogens (tertiary/aromatic N) is 2. The van der Waals surface area contributed by atoms with E-state index in [1.807, 2.05) is 0 Å². The van der Waals surface area contributed by atoms with Gasteiger partial charge in [-0.25, -0.2) is 4.39 Å². The van der Waals surface area contributed by atoms with Gasteiger partial charge in [-0.05, 0) is 23.8 Å². The van der Waals surface area contributed by atoms with Crippen molar-refractivity contribution in [3.05, 3.63) is 53.6 Å². The molecule has 5 heteroatoms. The Morgan fingerprint density at radius 3 is 2.94 bits per heavy atom. The Morgan fingerprint density at radius 1 is 1.41 bits per heavy atom. The smallest absolute Gasteiger partial charge is 0.123 e. The molecule has 0 bridgehead atoms. The largest absolute Gasteiger partial charge is 0.386 e. The van der Waals surface area contributed by atoms with Crippen LogP contribution in [0.3, 0.4) is 0 Å². The van der Waals surface area contributed by atoms with Gasteiger partial charge >= 0.3 is 0 Å². The average molecular weight is 235 g/mol. The summed E-state index contributed by atoms with van der Waals surface area (Å²) in [6, 6.07) is 7.70. The van der Waals surface area contributed by atoms with Gasteiger partial charge in [-0.3, -0.25) is 4.68 Å². The van der Waals surface area contributed by atoms with E-state index in [0.29, 0.717) is 12.1 Å². The molecule has 2 aromatic rings. The van der Waals surface area contributed by atoms with Crippen LogP contribution in [0.2, 0.25) is 0 Å². The van der Waals surface area contributed by atoms with Crippen LogP contribution in [0.15, 0.2) is 36.5 Å². The minimum absolute atomic E-state index is 0.267. The van der Waals surface area contributed by atoms with Crippen molar-refractivity contribution in [2.45, 2.75) is 19.2 Å². The maximum Gasteiger partial charge on any atom is 0.123 e. The van der Waals surface area contributed by atoms with Crippen LogP contribution in [-0.4, -0.2) is 14.9 Å². The molecular formula is C12H14FN3O. The van der Waals surface area contributed by atoms with E-state index in [2.05, 4.69) is 5.10 Å². The van der Waals surface area contributed by atoms with Gasteiger partial charge in [-0.15, -0.1) is 0 Å². The van der Waals surface area contributed by atoms with E-state index in [-0.39, 0.29) is 12.4 Å². The Bertz CT molecular complexity index is 498. The van der Waals surface area contributed by atoms with Crippen LogP contribution in [0.4, 0.5) is 4.39 Å². The fourth-order valence-electron chi connectivity index (χ4n) is 1.68. The molecule has 0 aliphatic rings. The SMILES string of the molecule is NCc1ccnn1CC(O)c1cccc(F)c1. The zero-order valence-corrected chi connectivity index (χ0v) is 9.25. The molecule has 0 saturated heterocycles. The van der Waals surface area contributed by atoms with Crippen LogP contribution >= 0.6 is 0 Å². The lowest BCUT2D eigenvalue weighted by molar-refractivity contribution is 0.150. The second-order valence-corrected chi connectivity index (χ2v) is 3.78. The predicted molar refractivity (Wildman–Crippen MR) is 61.5 cm³/mol. The zero-order valence-electron chi connectivity index (χ0n) is 9.25. The summed E-state index contributed by atoms with van der Waals surface area (Å²) in [7, 11) is 0. The first-order chi connectivity index (χ1) is 8.20. The van der Waals surface area contributed by atoms with Crippen LogP contribution in [0.1, 0.15) is 17.4 Å². The maximum atomic E-state index is 13.0. The summed E-state index contributed by atoms with van der Waals surface area (Å²) in [5.74, 6) is -0.360. The predicted octanol–water partition coefficient (Wildman–Crippen LogP) is 1.21. The highest BCUT2D eigenvalue weighted by Crippen LogP contribution is 2.16. The van der Waals surface area contributed by atoms with Crippen molar-refractivity contribution < 1.29 is 9.50 Å². The minimum Gasteiger partial charge on any atom is -0.386 e. The number of benzene rings is 1. The summed E-state index contributed by atoms with van der Waals surface area (Å²) in [5, 5.41) is 14.0. The molecule has 0 radical (unpaired) electrons. The Morgan fingerprint density at radius 2 is 2.24 bits per heavy atom. The van der Waals surface area contributed by atoms with E-state index >= 15 is 0 Å². The van der Waals surface area contributed by atoms with Crippen molar-refractivity contribution in [1.82, 2.24) is 9.78 Å². The summed E-state index contributed by atoms with van der Waals surface area (Å²) in [4.78, 5) is 0. The summed E-state index contributed by atoms with van der Waals surface area (Å²) in [5.41, 5.74) is 6.90. The summed E-state index contributed by atoms with van der Waals surface area (Å²) >= 11 is 0. The van der Waals surface area contributed by atoms with Gasteiger partial charge in [0.1, 0.15) is 5.82 Å². The van der Waals surface area contributed by atoms with Gasteiger partial charge in [-0.2, -0.15) is 5.10 Å². The van der Waals surface area contributed by atoms with Crippen molar-refractivity contribution in [1.29, 1.82) is 0 Å². The first-order valence-electron chi connectivity index (χ1n) is 5.35. The highest BCUT2D eigenvalue weighted by Gasteiger charge is 2.11. The number of rotatable bonds is 4. The Balaban J connectivity index is 2.14. The molecule has 4 nitrogen and oxygen atoms in total. The van der Waals surface area contributed by atoms with Crippen molar-refractivity contribution in [3.63, 3.8) is 0 Å². The number of aliphatic hydroxyl groups is 1. The van der Waals surface area contributed by atoms with E-state index in [0.717, 1.165) is 5.69 Å². The first-order valence-corrected chi connectivity index (χ1v) is 5.35. The van der Waals surface area contributed by atoms with Crippen molar-refractivity contribution >= 4 is 0 Å². The fourth-order valence-corrected chi connectivity index (χ4v) is 1.68. The van der Waals surface area contributed by atoms with Crippen LogP contribution < -0.4 is 5.73 Å². The van der Waals surface area contributed by atoms with Crippen LogP contribution in [-0.2, 0) is 13.1 Å². The second-order valence-electron chi connectivity index (χ2n) is 3.78. The molecule has 1 unspecified atom stereocenters. The van der Waals surface area contributed by atoms with Gasteiger partial charge in [0, 0.05) is 12.7 Å². The molecule has 1 atom stereocenters. The quantitative estimate of drug-likeness (QED) is 0.837. The monoisotopic (exact) mass is 235 g/mol. The third kappa shape index (κ3) is 2.69. The summed E-state index contributed by atoms with van der Waals surface area (Å²) in [6.45, 7) is 0.624. The number of aromatic nitrogens is 2. The standard InChI is InChI=1S/C12H14FN3O/c13-10-3-1-2-9(6-10)12(17)8-16-11(7-14)4-5-15-16/h1-6,12,17H,7-8,14H2. The lowest BCUT2D eigenvalue weighted by Gasteiger charge is -2.13. The third-order valence-corrected chi connectivity index (χ3v) is 2.59. The number of aliphatic hydroxyl groups excluding tert-OH is 1. The number of nitrogens with two attached hydrogens (primary N) is 1. The molecule has 0 aliphatic heterocycles. The molecular weight excluding hydrogens is 221 g/mol. The highest BCUT2D eigenvalue weighted by molar-refractivity contribution is 5.18. The normalized spacial score (nSPS) is 12.6. The Kier molecular flexibility index (Phi) is 3.51. The molecule has 1 aromatic carbocycles. The molecule has 3 N–H and O–H groups in total. The van der Waals surface area contributed by atoms with E-state index in [1.54, 1.807) is 29.1 Å².